The number of ether oxygens (including phenoxy) is 1. The Balaban J connectivity index is 5.01. The molecule has 1 N–H and O–H groups in total. The van der Waals surface area contributed by atoms with E-state index in [4.69, 9.17) is 13.1 Å². The van der Waals surface area contributed by atoms with E-state index in [1.165, 1.54) is 0 Å². The van der Waals surface area contributed by atoms with E-state index in [1.54, 1.807) is 34.6 Å². The van der Waals surface area contributed by atoms with Crippen molar-refractivity contribution >= 4 is 26.3 Å². The van der Waals surface area contributed by atoms with Gasteiger partial charge >= 0.3 is 6.09 Å². The molecule has 0 aliphatic heterocycles. The first-order chi connectivity index (χ1) is 10.9. The van der Waals surface area contributed by atoms with E-state index in [2.05, 4.69) is 5.32 Å². The fraction of sp³-hybridized carbons (Fsp3) is 0.929. The molecule has 150 valence electrons. The largest absolute Gasteiger partial charge is 0.444 e. The Morgan fingerprint density at radius 2 is 1.44 bits per heavy atom. The highest BCUT2D eigenvalue weighted by Gasteiger charge is 2.29. The van der Waals surface area contributed by atoms with Crippen molar-refractivity contribution in [2.45, 2.75) is 52.7 Å². The number of rotatable bonds is 9. The summed E-state index contributed by atoms with van der Waals surface area (Å²) < 4.78 is 59.4. The van der Waals surface area contributed by atoms with Crippen LogP contribution < -0.4 is 5.32 Å². The molecule has 11 heteroatoms. The van der Waals surface area contributed by atoms with Gasteiger partial charge in [0.05, 0.1) is 31.8 Å². The normalized spacial score (nSPS) is 14.8. The molecule has 1 unspecified atom stereocenters. The summed E-state index contributed by atoms with van der Waals surface area (Å²) >= 11 is 0. The standard InChI is InChI=1S/C14H29NO8S2/c1-13(2,3)23-12(16)15-11(9-21-24(6,17)18)8-14(4,5)10-22-25(7,19)20/h11H,8-10H2,1-7H3,(H,15,16). The number of hydrogen-bond acceptors (Lipinski definition) is 8. The second-order valence-corrected chi connectivity index (χ2v) is 11.0. The van der Waals surface area contributed by atoms with Crippen LogP contribution in [0.1, 0.15) is 41.0 Å². The summed E-state index contributed by atoms with van der Waals surface area (Å²) in [7, 11) is -7.32. The molecule has 1 atom stereocenters. The number of nitrogens with one attached hydrogen (secondary N) is 1. The van der Waals surface area contributed by atoms with Gasteiger partial charge in [0.1, 0.15) is 5.60 Å². The maximum absolute atomic E-state index is 11.9. The van der Waals surface area contributed by atoms with Crippen LogP contribution >= 0.6 is 0 Å². The van der Waals surface area contributed by atoms with E-state index >= 15 is 0 Å². The van der Waals surface area contributed by atoms with Crippen LogP contribution in [0.15, 0.2) is 0 Å². The molecule has 0 aromatic heterocycles. The molecule has 0 spiro atoms. The molecule has 9 nitrogen and oxygen atoms in total. The van der Waals surface area contributed by atoms with Crippen molar-refractivity contribution in [1.82, 2.24) is 5.32 Å². The third-order valence-electron chi connectivity index (χ3n) is 2.67. The second kappa shape index (κ2) is 8.65. The summed E-state index contributed by atoms with van der Waals surface area (Å²) in [6.07, 6.45) is 1.31. The molecule has 1 amide bonds. The molecule has 0 saturated heterocycles. The summed E-state index contributed by atoms with van der Waals surface area (Å²) in [6.45, 7) is 8.10. The van der Waals surface area contributed by atoms with Crippen LogP contribution in [0, 0.1) is 5.41 Å². The molecule has 0 aromatic carbocycles. The van der Waals surface area contributed by atoms with Crippen molar-refractivity contribution in [2.24, 2.45) is 5.41 Å². The van der Waals surface area contributed by atoms with E-state index < -0.39 is 43.4 Å². The predicted molar refractivity (Wildman–Crippen MR) is 93.1 cm³/mol. The van der Waals surface area contributed by atoms with Crippen LogP contribution in [0.5, 0.6) is 0 Å². The second-order valence-electron chi connectivity index (χ2n) is 7.67. The fourth-order valence-electron chi connectivity index (χ4n) is 1.82. The first-order valence-electron chi connectivity index (χ1n) is 7.57. The van der Waals surface area contributed by atoms with Crippen LogP contribution in [0.3, 0.4) is 0 Å². The summed E-state index contributed by atoms with van der Waals surface area (Å²) in [5.74, 6) is 0. The summed E-state index contributed by atoms with van der Waals surface area (Å²) in [5.41, 5.74) is -1.40. The summed E-state index contributed by atoms with van der Waals surface area (Å²) in [6, 6.07) is -0.720. The lowest BCUT2D eigenvalue weighted by Gasteiger charge is -2.30. The number of carbonyl (C=O) groups is 1. The first kappa shape index (κ1) is 24.1. The van der Waals surface area contributed by atoms with Gasteiger partial charge in [0.15, 0.2) is 0 Å². The minimum Gasteiger partial charge on any atom is -0.444 e. The average Bonchev–Trinajstić information content (AvgIpc) is 2.29. The van der Waals surface area contributed by atoms with Crippen LogP contribution in [-0.4, -0.2) is 60.3 Å². The van der Waals surface area contributed by atoms with Gasteiger partial charge in [-0.05, 0) is 32.6 Å². The Kier molecular flexibility index (Phi) is 8.34. The Morgan fingerprint density at radius 1 is 0.960 bits per heavy atom. The number of carbonyl (C=O) groups excluding carboxylic acids is 1. The highest BCUT2D eigenvalue weighted by molar-refractivity contribution is 7.86. The Morgan fingerprint density at radius 3 is 1.84 bits per heavy atom. The van der Waals surface area contributed by atoms with Gasteiger partial charge in [-0.3, -0.25) is 8.37 Å². The van der Waals surface area contributed by atoms with E-state index in [0.717, 1.165) is 12.5 Å². The van der Waals surface area contributed by atoms with Crippen molar-refractivity contribution in [1.29, 1.82) is 0 Å². The lowest BCUT2D eigenvalue weighted by Crippen LogP contribution is -2.44. The highest BCUT2D eigenvalue weighted by Crippen LogP contribution is 2.24. The Hall–Kier alpha value is -0.910. The Bertz CT molecular complexity index is 647. The van der Waals surface area contributed by atoms with Gasteiger partial charge in [-0.2, -0.15) is 16.8 Å². The quantitative estimate of drug-likeness (QED) is 0.570. The predicted octanol–water partition coefficient (Wildman–Crippen LogP) is 1.25. The minimum atomic E-state index is -3.70. The van der Waals surface area contributed by atoms with Crippen LogP contribution in [0.25, 0.3) is 0 Å². The number of hydrogen-bond donors (Lipinski definition) is 1. The molecular formula is C14H29NO8S2. The molecule has 25 heavy (non-hydrogen) atoms. The van der Waals surface area contributed by atoms with E-state index in [9.17, 15) is 21.6 Å². The fourth-order valence-corrected chi connectivity index (χ4v) is 2.77. The molecule has 0 bridgehead atoms. The molecule has 0 radical (unpaired) electrons. The van der Waals surface area contributed by atoms with Crippen molar-refractivity contribution in [2.75, 3.05) is 25.7 Å². The lowest BCUT2D eigenvalue weighted by atomic mass is 9.87. The maximum atomic E-state index is 11.9. The Labute approximate surface area is 150 Å². The number of alkyl carbamates (subject to hydrolysis) is 1. The topological polar surface area (TPSA) is 125 Å². The zero-order valence-corrected chi connectivity index (χ0v) is 17.4. The number of amides is 1. The van der Waals surface area contributed by atoms with Crippen molar-refractivity contribution in [3.63, 3.8) is 0 Å². The maximum Gasteiger partial charge on any atom is 0.407 e. The summed E-state index contributed by atoms with van der Waals surface area (Å²) in [4.78, 5) is 11.9. The van der Waals surface area contributed by atoms with E-state index in [0.29, 0.717) is 0 Å². The van der Waals surface area contributed by atoms with Gasteiger partial charge in [0, 0.05) is 0 Å². The van der Waals surface area contributed by atoms with Crippen LogP contribution in [0.2, 0.25) is 0 Å². The summed E-state index contributed by atoms with van der Waals surface area (Å²) in [5, 5.41) is 2.54. The molecule has 0 saturated carbocycles. The highest BCUT2D eigenvalue weighted by atomic mass is 32.2. The average molecular weight is 404 g/mol. The van der Waals surface area contributed by atoms with Gasteiger partial charge in [-0.15, -0.1) is 0 Å². The SMILES string of the molecule is CC(C)(COS(C)(=O)=O)CC(COS(C)(=O)=O)NC(=O)OC(C)(C)C. The monoisotopic (exact) mass is 403 g/mol. The van der Waals surface area contributed by atoms with E-state index in [-0.39, 0.29) is 19.6 Å². The third kappa shape index (κ3) is 15.1. The van der Waals surface area contributed by atoms with Crippen molar-refractivity contribution in [3.8, 4) is 0 Å². The smallest absolute Gasteiger partial charge is 0.407 e. The molecule has 0 aliphatic rings. The molecule has 0 heterocycles. The van der Waals surface area contributed by atoms with Gasteiger partial charge in [0.25, 0.3) is 20.2 Å². The first-order valence-corrected chi connectivity index (χ1v) is 11.2. The van der Waals surface area contributed by atoms with Crippen molar-refractivity contribution < 1.29 is 34.7 Å². The van der Waals surface area contributed by atoms with Crippen molar-refractivity contribution in [3.05, 3.63) is 0 Å². The van der Waals surface area contributed by atoms with Crippen LogP contribution in [0.4, 0.5) is 4.79 Å². The lowest BCUT2D eigenvalue weighted by molar-refractivity contribution is 0.0457. The molecule has 0 aliphatic carbocycles. The van der Waals surface area contributed by atoms with Gasteiger partial charge in [-0.25, -0.2) is 4.79 Å². The van der Waals surface area contributed by atoms with Gasteiger partial charge in [-0.1, -0.05) is 13.8 Å². The van der Waals surface area contributed by atoms with Gasteiger partial charge < -0.3 is 10.1 Å². The molecular weight excluding hydrogens is 374 g/mol. The molecule has 0 fully saturated rings. The van der Waals surface area contributed by atoms with Gasteiger partial charge in [0.2, 0.25) is 0 Å². The molecule has 0 rings (SSSR count). The third-order valence-corrected chi connectivity index (χ3v) is 3.78. The zero-order valence-electron chi connectivity index (χ0n) is 15.8. The zero-order chi connectivity index (χ0) is 20.1. The molecule has 0 aromatic rings. The van der Waals surface area contributed by atoms with E-state index in [1.807, 2.05) is 0 Å². The van der Waals surface area contributed by atoms with Crippen LogP contribution in [-0.2, 0) is 33.3 Å². The minimum absolute atomic E-state index is 0.128.